The van der Waals surface area contributed by atoms with Crippen LogP contribution in [0.3, 0.4) is 0 Å². The second-order valence-corrected chi connectivity index (χ2v) is 8.93. The van der Waals surface area contributed by atoms with E-state index in [0.717, 1.165) is 18.4 Å². The van der Waals surface area contributed by atoms with Crippen molar-refractivity contribution < 1.29 is 4.74 Å². The predicted octanol–water partition coefficient (Wildman–Crippen LogP) is 5.02. The molecule has 1 aliphatic rings. The van der Waals surface area contributed by atoms with E-state index in [1.165, 1.54) is 25.7 Å². The Labute approximate surface area is 133 Å². The number of hydrogen-bond acceptors (Lipinski definition) is 2. The van der Waals surface area contributed by atoms with Gasteiger partial charge in [0.2, 0.25) is 0 Å². The summed E-state index contributed by atoms with van der Waals surface area (Å²) in [6, 6.07) is 0. The highest BCUT2D eigenvalue weighted by Gasteiger charge is 2.39. The van der Waals surface area contributed by atoms with E-state index >= 15 is 0 Å². The fraction of sp³-hybridized carbons (Fsp3) is 1.00. The molecule has 1 unspecified atom stereocenters. The third kappa shape index (κ3) is 6.28. The molecule has 2 heteroatoms. The summed E-state index contributed by atoms with van der Waals surface area (Å²) in [6.07, 6.45) is 5.37. The highest BCUT2D eigenvalue weighted by atomic mass is 16.5. The SMILES string of the molecule is CC(C)C1CCC(CNC(C)(C)C)(OC(C)C(C)C)CC1. The van der Waals surface area contributed by atoms with Crippen molar-refractivity contribution in [1.82, 2.24) is 5.32 Å². The molecular formula is C19H39NO. The summed E-state index contributed by atoms with van der Waals surface area (Å²) in [4.78, 5) is 0. The molecule has 1 saturated carbocycles. The number of rotatable bonds is 6. The van der Waals surface area contributed by atoms with E-state index in [4.69, 9.17) is 4.74 Å². The minimum Gasteiger partial charge on any atom is -0.370 e. The second kappa shape index (κ2) is 7.46. The first-order chi connectivity index (χ1) is 9.55. The molecule has 21 heavy (non-hydrogen) atoms. The van der Waals surface area contributed by atoms with Crippen molar-refractivity contribution in [3.8, 4) is 0 Å². The Morgan fingerprint density at radius 2 is 1.57 bits per heavy atom. The molecule has 0 bridgehead atoms. The Kier molecular flexibility index (Phi) is 6.74. The van der Waals surface area contributed by atoms with Gasteiger partial charge in [0.25, 0.3) is 0 Å². The summed E-state index contributed by atoms with van der Waals surface area (Å²) in [5, 5.41) is 3.70. The molecule has 1 fully saturated rings. The third-order valence-corrected chi connectivity index (χ3v) is 5.20. The zero-order valence-electron chi connectivity index (χ0n) is 15.8. The summed E-state index contributed by atoms with van der Waals surface area (Å²) in [5.74, 6) is 2.27. The molecule has 1 aliphatic carbocycles. The minimum atomic E-state index is 0.0440. The summed E-state index contributed by atoms with van der Waals surface area (Å²) in [6.45, 7) is 19.2. The van der Waals surface area contributed by atoms with Crippen LogP contribution in [0, 0.1) is 17.8 Å². The van der Waals surface area contributed by atoms with E-state index in [1.807, 2.05) is 0 Å². The second-order valence-electron chi connectivity index (χ2n) is 8.93. The first-order valence-corrected chi connectivity index (χ1v) is 8.97. The van der Waals surface area contributed by atoms with Crippen molar-refractivity contribution in [2.45, 2.75) is 98.3 Å². The average Bonchev–Trinajstić information content (AvgIpc) is 2.36. The van der Waals surface area contributed by atoms with Gasteiger partial charge in [-0.25, -0.2) is 0 Å². The van der Waals surface area contributed by atoms with E-state index in [-0.39, 0.29) is 11.1 Å². The average molecular weight is 298 g/mol. The largest absolute Gasteiger partial charge is 0.370 e. The Balaban J connectivity index is 2.72. The highest BCUT2D eigenvalue weighted by molar-refractivity contribution is 4.92. The fourth-order valence-electron chi connectivity index (χ4n) is 3.13. The van der Waals surface area contributed by atoms with Crippen LogP contribution in [0.2, 0.25) is 0 Å². The van der Waals surface area contributed by atoms with E-state index in [0.29, 0.717) is 12.0 Å². The molecule has 0 heterocycles. The first-order valence-electron chi connectivity index (χ1n) is 8.97. The van der Waals surface area contributed by atoms with Crippen LogP contribution in [-0.4, -0.2) is 23.8 Å². The van der Waals surface area contributed by atoms with Gasteiger partial charge in [-0.05, 0) is 71.1 Å². The molecular weight excluding hydrogens is 258 g/mol. The van der Waals surface area contributed by atoms with Gasteiger partial charge < -0.3 is 10.1 Å². The molecule has 0 radical (unpaired) electrons. The minimum absolute atomic E-state index is 0.0440. The third-order valence-electron chi connectivity index (χ3n) is 5.20. The monoisotopic (exact) mass is 297 g/mol. The van der Waals surface area contributed by atoms with Crippen molar-refractivity contribution in [1.29, 1.82) is 0 Å². The van der Waals surface area contributed by atoms with Crippen LogP contribution in [0.5, 0.6) is 0 Å². The van der Waals surface area contributed by atoms with Crippen molar-refractivity contribution in [2.24, 2.45) is 17.8 Å². The zero-order chi connectivity index (χ0) is 16.3. The van der Waals surface area contributed by atoms with Gasteiger partial charge in [0.05, 0.1) is 11.7 Å². The van der Waals surface area contributed by atoms with E-state index < -0.39 is 0 Å². The molecule has 0 aromatic heterocycles. The van der Waals surface area contributed by atoms with Crippen molar-refractivity contribution in [2.75, 3.05) is 6.54 Å². The molecule has 1 rings (SSSR count). The molecule has 0 spiro atoms. The van der Waals surface area contributed by atoms with Crippen molar-refractivity contribution in [3.05, 3.63) is 0 Å². The van der Waals surface area contributed by atoms with Crippen LogP contribution >= 0.6 is 0 Å². The standard InChI is InChI=1S/C19H39NO/c1-14(2)16(5)21-19(13-20-18(6,7)8)11-9-17(10-12-19)15(3)4/h14-17,20H,9-13H2,1-8H3. The number of hydrogen-bond donors (Lipinski definition) is 1. The topological polar surface area (TPSA) is 21.3 Å². The predicted molar refractivity (Wildman–Crippen MR) is 92.7 cm³/mol. The highest BCUT2D eigenvalue weighted by Crippen LogP contribution is 2.39. The van der Waals surface area contributed by atoms with Crippen molar-refractivity contribution >= 4 is 0 Å². The maximum absolute atomic E-state index is 6.60. The number of nitrogens with one attached hydrogen (secondary N) is 1. The molecule has 0 saturated heterocycles. The van der Waals surface area contributed by atoms with Crippen LogP contribution in [-0.2, 0) is 4.74 Å². The van der Waals surface area contributed by atoms with Crippen LogP contribution in [0.4, 0.5) is 0 Å². The molecule has 1 N–H and O–H groups in total. The maximum Gasteiger partial charge on any atom is 0.0810 e. The van der Waals surface area contributed by atoms with Gasteiger partial charge in [-0.2, -0.15) is 0 Å². The quantitative estimate of drug-likeness (QED) is 0.743. The van der Waals surface area contributed by atoms with Crippen LogP contribution in [0.25, 0.3) is 0 Å². The Bertz CT molecular complexity index is 295. The molecule has 0 aromatic carbocycles. The Hall–Kier alpha value is -0.0800. The normalized spacial score (nSPS) is 29.1. The van der Waals surface area contributed by atoms with Gasteiger partial charge in [0.1, 0.15) is 0 Å². The van der Waals surface area contributed by atoms with Crippen LogP contribution in [0.1, 0.15) is 81.1 Å². The zero-order valence-corrected chi connectivity index (χ0v) is 15.8. The summed E-state index contributed by atoms with van der Waals surface area (Å²) >= 11 is 0. The van der Waals surface area contributed by atoms with Gasteiger partial charge in [0.15, 0.2) is 0 Å². The smallest absolute Gasteiger partial charge is 0.0810 e. The lowest BCUT2D eigenvalue weighted by Gasteiger charge is -2.45. The van der Waals surface area contributed by atoms with Gasteiger partial charge in [-0.1, -0.05) is 27.7 Å². The molecule has 0 aliphatic heterocycles. The van der Waals surface area contributed by atoms with Gasteiger partial charge in [0, 0.05) is 12.1 Å². The Morgan fingerprint density at radius 1 is 1.05 bits per heavy atom. The van der Waals surface area contributed by atoms with Crippen LogP contribution < -0.4 is 5.32 Å². The van der Waals surface area contributed by atoms with Crippen LogP contribution in [0.15, 0.2) is 0 Å². The lowest BCUT2D eigenvalue weighted by molar-refractivity contribution is -0.129. The lowest BCUT2D eigenvalue weighted by Crippen LogP contribution is -2.52. The Morgan fingerprint density at radius 3 is 1.95 bits per heavy atom. The molecule has 2 nitrogen and oxygen atoms in total. The van der Waals surface area contributed by atoms with Gasteiger partial charge >= 0.3 is 0 Å². The molecule has 126 valence electrons. The van der Waals surface area contributed by atoms with E-state index in [9.17, 15) is 0 Å². The summed E-state index contributed by atoms with van der Waals surface area (Å²) in [7, 11) is 0. The summed E-state index contributed by atoms with van der Waals surface area (Å²) in [5.41, 5.74) is 0.203. The lowest BCUT2D eigenvalue weighted by atomic mass is 9.74. The van der Waals surface area contributed by atoms with Gasteiger partial charge in [-0.3, -0.25) is 0 Å². The first kappa shape index (κ1) is 19.0. The van der Waals surface area contributed by atoms with E-state index in [2.05, 4.69) is 60.7 Å². The van der Waals surface area contributed by atoms with Gasteiger partial charge in [-0.15, -0.1) is 0 Å². The molecule has 1 atom stereocenters. The number of ether oxygens (including phenoxy) is 1. The summed E-state index contributed by atoms with van der Waals surface area (Å²) < 4.78 is 6.60. The molecule has 0 amide bonds. The van der Waals surface area contributed by atoms with Crippen molar-refractivity contribution in [3.63, 3.8) is 0 Å². The van der Waals surface area contributed by atoms with E-state index in [1.54, 1.807) is 0 Å². The fourth-order valence-corrected chi connectivity index (χ4v) is 3.13. The molecule has 0 aromatic rings. The maximum atomic E-state index is 6.60.